The molecule has 0 bridgehead atoms. The van der Waals surface area contributed by atoms with E-state index in [-0.39, 0.29) is 18.0 Å². The number of nitrogens with zero attached hydrogens (tertiary/aromatic N) is 2. The molecule has 6 heteroatoms. The Morgan fingerprint density at radius 3 is 3.05 bits per heavy atom. The Morgan fingerprint density at radius 2 is 2.27 bits per heavy atom. The van der Waals surface area contributed by atoms with Crippen molar-refractivity contribution >= 4 is 23.2 Å². The molecule has 2 aliphatic rings. The number of hydrogen-bond donors (Lipinski definition) is 1. The molecule has 1 saturated heterocycles. The first-order valence-corrected chi connectivity index (χ1v) is 8.14. The predicted octanol–water partition coefficient (Wildman–Crippen LogP) is 1.88. The van der Waals surface area contributed by atoms with Gasteiger partial charge in [0.25, 0.3) is 0 Å². The van der Waals surface area contributed by atoms with Crippen LogP contribution in [0.5, 0.6) is 5.75 Å². The van der Waals surface area contributed by atoms with Gasteiger partial charge < -0.3 is 20.3 Å². The lowest BCUT2D eigenvalue weighted by Crippen LogP contribution is -2.52. The summed E-state index contributed by atoms with van der Waals surface area (Å²) in [5.41, 5.74) is 6.87. The van der Waals surface area contributed by atoms with Crippen LogP contribution in [-0.2, 0) is 4.79 Å². The van der Waals surface area contributed by atoms with E-state index in [9.17, 15) is 4.79 Å². The Hall–Kier alpha value is -1.46. The number of benzene rings is 1. The number of anilines is 1. The van der Waals surface area contributed by atoms with E-state index >= 15 is 0 Å². The Morgan fingerprint density at radius 1 is 1.45 bits per heavy atom. The van der Waals surface area contributed by atoms with E-state index in [0.717, 1.165) is 30.8 Å². The van der Waals surface area contributed by atoms with Gasteiger partial charge in [-0.15, -0.1) is 0 Å². The van der Waals surface area contributed by atoms with Gasteiger partial charge in [0.15, 0.2) is 0 Å². The van der Waals surface area contributed by atoms with Crippen molar-refractivity contribution in [3.05, 3.63) is 23.2 Å². The van der Waals surface area contributed by atoms with E-state index in [1.54, 1.807) is 6.07 Å². The number of fused-ring (bicyclic) bond motifs is 1. The lowest BCUT2D eigenvalue weighted by molar-refractivity contribution is -0.133. The van der Waals surface area contributed by atoms with Gasteiger partial charge in [0.2, 0.25) is 5.91 Å². The molecule has 0 radical (unpaired) electrons. The number of piperidine rings is 1. The first kappa shape index (κ1) is 15.4. The van der Waals surface area contributed by atoms with Gasteiger partial charge >= 0.3 is 0 Å². The summed E-state index contributed by atoms with van der Waals surface area (Å²) < 4.78 is 5.63. The van der Waals surface area contributed by atoms with Crippen LogP contribution in [0.3, 0.4) is 0 Å². The second-order valence-electron chi connectivity index (χ2n) is 6.10. The topological polar surface area (TPSA) is 58.8 Å². The zero-order valence-corrected chi connectivity index (χ0v) is 13.6. The largest absolute Gasteiger partial charge is 0.490 e. The number of ether oxygens (including phenoxy) is 1. The second-order valence-corrected chi connectivity index (χ2v) is 6.54. The zero-order chi connectivity index (χ0) is 15.7. The lowest BCUT2D eigenvalue weighted by Gasteiger charge is -2.38. The fourth-order valence-electron chi connectivity index (χ4n) is 3.24. The van der Waals surface area contributed by atoms with Gasteiger partial charge in [-0.2, -0.15) is 0 Å². The Kier molecular flexibility index (Phi) is 4.45. The van der Waals surface area contributed by atoms with Crippen LogP contribution in [0.25, 0.3) is 0 Å². The molecule has 3 rings (SSSR count). The quantitative estimate of drug-likeness (QED) is 0.902. The molecule has 120 valence electrons. The average Bonchev–Trinajstić information content (AvgIpc) is 2.47. The van der Waals surface area contributed by atoms with E-state index in [1.165, 1.54) is 0 Å². The molecule has 0 aliphatic carbocycles. The molecule has 1 aromatic rings. The fraction of sp³-hybridized carbons (Fsp3) is 0.562. The summed E-state index contributed by atoms with van der Waals surface area (Å²) >= 11 is 6.07. The first-order valence-electron chi connectivity index (χ1n) is 7.77. The van der Waals surface area contributed by atoms with Gasteiger partial charge in [0.05, 0.1) is 18.8 Å². The minimum absolute atomic E-state index is 0.146. The molecule has 2 heterocycles. The molecular formula is C16H22ClN3O2. The number of halogens is 1. The summed E-state index contributed by atoms with van der Waals surface area (Å²) in [5, 5.41) is 0.652. The number of carbonyl (C=O) groups excluding carboxylic acids is 1. The van der Waals surface area contributed by atoms with Crippen LogP contribution < -0.4 is 15.4 Å². The van der Waals surface area contributed by atoms with E-state index in [0.29, 0.717) is 24.7 Å². The number of nitrogens with two attached hydrogens (primary N) is 1. The maximum atomic E-state index is 12.6. The highest BCUT2D eigenvalue weighted by atomic mass is 35.5. The third kappa shape index (κ3) is 3.15. The molecule has 0 spiro atoms. The summed E-state index contributed by atoms with van der Waals surface area (Å²) in [7, 11) is 0. The molecule has 2 aliphatic heterocycles. The van der Waals surface area contributed by atoms with Crippen molar-refractivity contribution < 1.29 is 9.53 Å². The van der Waals surface area contributed by atoms with Crippen LogP contribution in [0.2, 0.25) is 5.02 Å². The van der Waals surface area contributed by atoms with Crippen molar-refractivity contribution in [3.8, 4) is 5.75 Å². The minimum atomic E-state index is 0.146. The van der Waals surface area contributed by atoms with E-state index in [2.05, 4.69) is 6.92 Å². The normalized spacial score (nSPS) is 24.7. The molecular weight excluding hydrogens is 302 g/mol. The molecule has 1 aromatic carbocycles. The molecule has 0 aromatic heterocycles. The van der Waals surface area contributed by atoms with Crippen molar-refractivity contribution in [1.29, 1.82) is 0 Å². The predicted molar refractivity (Wildman–Crippen MR) is 87.5 cm³/mol. The number of amides is 1. The standard InChI is InChI=1S/C16H22ClN3O2/c1-11-8-13(18)4-5-20(11)16(21)10-19-6-7-22-15-3-2-12(17)9-14(15)19/h2-3,9,11,13H,4-8,10,18H2,1H3. The van der Waals surface area contributed by atoms with Crippen molar-refractivity contribution in [3.63, 3.8) is 0 Å². The van der Waals surface area contributed by atoms with Crippen LogP contribution in [0.1, 0.15) is 19.8 Å². The number of likely N-dealkylation sites (tertiary alicyclic amines) is 1. The van der Waals surface area contributed by atoms with Gasteiger partial charge in [0, 0.05) is 23.7 Å². The Labute approximate surface area is 136 Å². The van der Waals surface area contributed by atoms with Crippen molar-refractivity contribution in [2.45, 2.75) is 31.8 Å². The average molecular weight is 324 g/mol. The van der Waals surface area contributed by atoms with E-state index in [1.807, 2.05) is 21.9 Å². The van der Waals surface area contributed by atoms with Gasteiger partial charge in [-0.25, -0.2) is 0 Å². The van der Waals surface area contributed by atoms with Gasteiger partial charge in [-0.05, 0) is 38.0 Å². The summed E-state index contributed by atoms with van der Waals surface area (Å²) in [5.74, 6) is 0.935. The fourth-order valence-corrected chi connectivity index (χ4v) is 3.41. The van der Waals surface area contributed by atoms with Crippen LogP contribution in [-0.4, -0.2) is 49.1 Å². The first-order chi connectivity index (χ1) is 10.5. The van der Waals surface area contributed by atoms with Crippen LogP contribution in [0.15, 0.2) is 18.2 Å². The van der Waals surface area contributed by atoms with Crippen LogP contribution in [0.4, 0.5) is 5.69 Å². The van der Waals surface area contributed by atoms with Crippen molar-refractivity contribution in [1.82, 2.24) is 4.90 Å². The van der Waals surface area contributed by atoms with Gasteiger partial charge in [-0.3, -0.25) is 4.79 Å². The number of hydrogen-bond acceptors (Lipinski definition) is 4. The third-order valence-electron chi connectivity index (χ3n) is 4.44. The second kappa shape index (κ2) is 6.34. The molecule has 0 saturated carbocycles. The third-order valence-corrected chi connectivity index (χ3v) is 4.68. The highest BCUT2D eigenvalue weighted by Gasteiger charge is 2.29. The highest BCUT2D eigenvalue weighted by molar-refractivity contribution is 6.31. The molecule has 2 N–H and O–H groups in total. The van der Waals surface area contributed by atoms with Crippen molar-refractivity contribution in [2.24, 2.45) is 5.73 Å². The summed E-state index contributed by atoms with van der Waals surface area (Å²) in [6, 6.07) is 5.94. The van der Waals surface area contributed by atoms with Crippen LogP contribution >= 0.6 is 11.6 Å². The Bertz CT molecular complexity index is 566. The van der Waals surface area contributed by atoms with Gasteiger partial charge in [0.1, 0.15) is 12.4 Å². The van der Waals surface area contributed by atoms with Crippen molar-refractivity contribution in [2.75, 3.05) is 31.1 Å². The number of carbonyl (C=O) groups is 1. The molecule has 22 heavy (non-hydrogen) atoms. The minimum Gasteiger partial charge on any atom is -0.490 e. The summed E-state index contributed by atoms with van der Waals surface area (Å²) in [6.07, 6.45) is 1.75. The lowest BCUT2D eigenvalue weighted by atomic mass is 9.99. The maximum absolute atomic E-state index is 12.6. The maximum Gasteiger partial charge on any atom is 0.242 e. The van der Waals surface area contributed by atoms with E-state index < -0.39 is 0 Å². The van der Waals surface area contributed by atoms with Gasteiger partial charge in [-0.1, -0.05) is 11.6 Å². The smallest absolute Gasteiger partial charge is 0.242 e. The Balaban J connectivity index is 1.71. The number of rotatable bonds is 2. The highest BCUT2D eigenvalue weighted by Crippen LogP contribution is 2.34. The summed E-state index contributed by atoms with van der Waals surface area (Å²) in [6.45, 7) is 4.45. The monoisotopic (exact) mass is 323 g/mol. The van der Waals surface area contributed by atoms with E-state index in [4.69, 9.17) is 22.1 Å². The SMILES string of the molecule is CC1CC(N)CCN1C(=O)CN1CCOc2ccc(Cl)cc21. The molecule has 1 amide bonds. The molecule has 5 nitrogen and oxygen atoms in total. The zero-order valence-electron chi connectivity index (χ0n) is 12.8. The molecule has 1 fully saturated rings. The van der Waals surface area contributed by atoms with Crippen LogP contribution in [0, 0.1) is 0 Å². The summed E-state index contributed by atoms with van der Waals surface area (Å²) in [4.78, 5) is 16.6. The molecule has 2 atom stereocenters. The molecule has 2 unspecified atom stereocenters.